The lowest BCUT2D eigenvalue weighted by Gasteiger charge is -2.25. The lowest BCUT2D eigenvalue weighted by atomic mass is 10.1. The zero-order chi connectivity index (χ0) is 44.4. The molecule has 332 valence electrons. The van der Waals surface area contributed by atoms with Gasteiger partial charge in [0.05, 0.1) is 54.1 Å². The molecule has 0 amide bonds. The highest BCUT2D eigenvalue weighted by Crippen LogP contribution is 2.30. The summed E-state index contributed by atoms with van der Waals surface area (Å²) in [7, 11) is 0.128. The van der Waals surface area contributed by atoms with E-state index in [1.807, 2.05) is 141 Å². The molecule has 0 saturated carbocycles. The molecule has 0 saturated heterocycles. The van der Waals surface area contributed by atoms with Crippen molar-refractivity contribution in [3.05, 3.63) is 186 Å². The van der Waals surface area contributed by atoms with Crippen LogP contribution in [-0.2, 0) is 58.8 Å². The Labute approximate surface area is 376 Å². The molecule has 0 fully saturated rings. The lowest BCUT2D eigenvalue weighted by molar-refractivity contribution is 0.0381. The molecule has 14 heteroatoms. The summed E-state index contributed by atoms with van der Waals surface area (Å²) in [5, 5.41) is 1.55. The van der Waals surface area contributed by atoms with Gasteiger partial charge in [-0.15, -0.1) is 0 Å². The molecule has 7 rings (SSSR count). The molecule has 7 aromatic rings. The minimum Gasteiger partial charge on any atom is -0.491 e. The summed E-state index contributed by atoms with van der Waals surface area (Å²) < 4.78 is 47.2. The topological polar surface area (TPSA) is 135 Å². The smallest absolute Gasteiger partial charge is 0.241 e. The van der Waals surface area contributed by atoms with Gasteiger partial charge < -0.3 is 19.1 Å². The van der Waals surface area contributed by atoms with Crippen molar-refractivity contribution in [3.63, 3.8) is 0 Å². The van der Waals surface area contributed by atoms with Crippen molar-refractivity contribution >= 4 is 26.5 Å². The first-order valence-electron chi connectivity index (χ1n) is 21.4. The Hall–Kier alpha value is -6.13. The van der Waals surface area contributed by atoms with Crippen LogP contribution in [0, 0.1) is 0 Å². The number of sulfonamides is 1. The minimum atomic E-state index is -3.75. The van der Waals surface area contributed by atoms with Crippen molar-refractivity contribution in [1.82, 2.24) is 34.5 Å². The van der Waals surface area contributed by atoms with Crippen molar-refractivity contribution in [1.29, 1.82) is 0 Å². The fraction of sp³-hybridized carbons (Fsp3) is 0.280. The second kappa shape index (κ2) is 23.5. The molecule has 0 radical (unpaired) electrons. The third kappa shape index (κ3) is 13.9. The third-order valence-corrected chi connectivity index (χ3v) is 11.8. The molecule has 0 atom stereocenters. The van der Waals surface area contributed by atoms with Crippen molar-refractivity contribution in [3.8, 4) is 5.75 Å². The van der Waals surface area contributed by atoms with Crippen molar-refractivity contribution < 1.29 is 22.6 Å². The van der Waals surface area contributed by atoms with Gasteiger partial charge in [0.1, 0.15) is 12.4 Å². The first-order valence-corrected chi connectivity index (χ1v) is 22.9. The summed E-state index contributed by atoms with van der Waals surface area (Å²) in [4.78, 5) is 25.4. The van der Waals surface area contributed by atoms with Crippen LogP contribution in [0.4, 0.5) is 5.69 Å². The lowest BCUT2D eigenvalue weighted by Crippen LogP contribution is -2.28. The van der Waals surface area contributed by atoms with E-state index in [0.717, 1.165) is 50.7 Å². The Morgan fingerprint density at radius 3 is 1.45 bits per heavy atom. The molecule has 13 nitrogen and oxygen atoms in total. The van der Waals surface area contributed by atoms with Crippen LogP contribution in [0.1, 0.15) is 33.9 Å². The van der Waals surface area contributed by atoms with Gasteiger partial charge in [-0.25, -0.2) is 13.1 Å². The van der Waals surface area contributed by atoms with E-state index in [2.05, 4.69) is 52.7 Å². The van der Waals surface area contributed by atoms with Gasteiger partial charge >= 0.3 is 0 Å². The molecule has 64 heavy (non-hydrogen) atoms. The summed E-state index contributed by atoms with van der Waals surface area (Å²) in [6.45, 7) is 5.54. The predicted octanol–water partition coefficient (Wildman–Crippen LogP) is 7.28. The quantitative estimate of drug-likeness (QED) is 0.0579. The first-order chi connectivity index (χ1) is 31.3. The van der Waals surface area contributed by atoms with E-state index < -0.39 is 10.0 Å². The Kier molecular flexibility index (Phi) is 16.9. The van der Waals surface area contributed by atoms with E-state index in [0.29, 0.717) is 71.1 Å². The van der Waals surface area contributed by atoms with Crippen molar-refractivity contribution in [2.24, 2.45) is 0 Å². The van der Waals surface area contributed by atoms with E-state index >= 15 is 0 Å². The average Bonchev–Trinajstić information content (AvgIpc) is 3.30. The maximum atomic E-state index is 13.3. The molecular formula is C50H56N8O5S. The Balaban J connectivity index is 0.964. The van der Waals surface area contributed by atoms with Gasteiger partial charge in [0.2, 0.25) is 10.0 Å². The number of fused-ring (bicyclic) bond motifs is 1. The van der Waals surface area contributed by atoms with Gasteiger partial charge in [-0.05, 0) is 83.9 Å². The SMILES string of the molecule is CN(C)c1cccc2c(S(=O)(=O)NCCOCCOCCOc3cc(CN(Cc4ccccn4)Cc4ccccn4)cc(CN(Cc4ccccn4)Cc4ccccn4)c3)cccc12. The Morgan fingerprint density at radius 2 is 0.969 bits per heavy atom. The molecule has 0 bridgehead atoms. The number of nitrogens with zero attached hydrogens (tertiary/aromatic N) is 7. The van der Waals surface area contributed by atoms with Gasteiger partial charge in [0.25, 0.3) is 0 Å². The average molecular weight is 881 g/mol. The molecule has 4 heterocycles. The number of hydrogen-bond donors (Lipinski definition) is 1. The highest BCUT2D eigenvalue weighted by atomic mass is 32.2. The molecule has 0 aliphatic carbocycles. The van der Waals surface area contributed by atoms with Crippen LogP contribution in [0.5, 0.6) is 5.75 Å². The van der Waals surface area contributed by atoms with E-state index in [-0.39, 0.29) is 18.0 Å². The molecule has 0 aliphatic rings. The molecule has 4 aromatic heterocycles. The predicted molar refractivity (Wildman–Crippen MR) is 250 cm³/mol. The standard InChI is InChI=1S/C50H56N8O5S/c1-56(2)49-19-11-18-48-47(49)17-12-20-50(48)64(59,60)55-25-26-61-27-28-62-29-30-63-46-32-40(34-57(36-42-13-3-7-21-51-42)37-43-14-4-8-22-52-43)31-41(33-46)35-58(38-44-15-5-9-23-53-44)39-45-16-6-10-24-54-45/h3-24,31-33,55H,25-30,34-39H2,1-2H3. The Morgan fingerprint density at radius 1 is 0.500 bits per heavy atom. The monoisotopic (exact) mass is 880 g/mol. The number of anilines is 1. The number of benzene rings is 3. The van der Waals surface area contributed by atoms with Crippen LogP contribution in [0.3, 0.4) is 0 Å². The van der Waals surface area contributed by atoms with Gasteiger partial charge in [-0.1, -0.05) is 54.6 Å². The molecule has 0 spiro atoms. The van der Waals surface area contributed by atoms with Crippen LogP contribution in [0.25, 0.3) is 10.8 Å². The highest BCUT2D eigenvalue weighted by Gasteiger charge is 2.19. The van der Waals surface area contributed by atoms with E-state index in [4.69, 9.17) is 14.2 Å². The number of rotatable bonds is 25. The van der Waals surface area contributed by atoms with E-state index in [1.165, 1.54) is 0 Å². The number of nitrogens with one attached hydrogen (secondary N) is 1. The second-order valence-electron chi connectivity index (χ2n) is 15.6. The van der Waals surface area contributed by atoms with Gasteiger partial charge in [0, 0.05) is 101 Å². The summed E-state index contributed by atoms with van der Waals surface area (Å²) >= 11 is 0. The summed E-state index contributed by atoms with van der Waals surface area (Å²) in [5.74, 6) is 0.745. The molecule has 3 aromatic carbocycles. The van der Waals surface area contributed by atoms with Crippen molar-refractivity contribution in [2.45, 2.75) is 44.2 Å². The van der Waals surface area contributed by atoms with Crippen molar-refractivity contribution in [2.75, 3.05) is 58.6 Å². The maximum Gasteiger partial charge on any atom is 0.241 e. The largest absolute Gasteiger partial charge is 0.491 e. The first kappa shape index (κ1) is 45.9. The Bertz CT molecular complexity index is 2400. The summed E-state index contributed by atoms with van der Waals surface area (Å²) in [6, 6.07) is 41.4. The van der Waals surface area contributed by atoms with E-state index in [1.54, 1.807) is 12.1 Å². The zero-order valence-electron chi connectivity index (χ0n) is 36.5. The molecule has 0 unspecified atom stereocenters. The summed E-state index contributed by atoms with van der Waals surface area (Å²) in [5.41, 5.74) is 7.05. The van der Waals surface area contributed by atoms with E-state index in [9.17, 15) is 8.42 Å². The number of pyridine rings is 4. The maximum absolute atomic E-state index is 13.3. The highest BCUT2D eigenvalue weighted by molar-refractivity contribution is 7.89. The number of hydrogen-bond acceptors (Lipinski definition) is 12. The minimum absolute atomic E-state index is 0.135. The fourth-order valence-electron chi connectivity index (χ4n) is 7.48. The van der Waals surface area contributed by atoms with Crippen LogP contribution < -0.4 is 14.4 Å². The van der Waals surface area contributed by atoms with Crippen LogP contribution in [-0.4, -0.2) is 91.8 Å². The number of aromatic nitrogens is 4. The molecular weight excluding hydrogens is 825 g/mol. The summed E-state index contributed by atoms with van der Waals surface area (Å²) in [6.07, 6.45) is 7.30. The van der Waals surface area contributed by atoms with Crippen LogP contribution in [0.2, 0.25) is 0 Å². The van der Waals surface area contributed by atoms with Gasteiger partial charge in [0.15, 0.2) is 0 Å². The third-order valence-electron chi connectivity index (χ3n) is 10.3. The van der Waals surface area contributed by atoms with Crippen LogP contribution >= 0.6 is 0 Å². The normalized spacial score (nSPS) is 11.7. The van der Waals surface area contributed by atoms with Crippen LogP contribution in [0.15, 0.2) is 157 Å². The number of ether oxygens (including phenoxy) is 3. The fourth-order valence-corrected chi connectivity index (χ4v) is 8.72. The molecule has 0 aliphatic heterocycles. The zero-order valence-corrected chi connectivity index (χ0v) is 37.3. The second-order valence-corrected chi connectivity index (χ2v) is 17.3. The van der Waals surface area contributed by atoms with Gasteiger partial charge in [-0.3, -0.25) is 29.7 Å². The van der Waals surface area contributed by atoms with Gasteiger partial charge in [-0.2, -0.15) is 0 Å². The molecule has 1 N–H and O–H groups in total.